The molecule has 0 radical (unpaired) electrons. The van der Waals surface area contributed by atoms with E-state index in [9.17, 15) is 0 Å². The maximum absolute atomic E-state index is 5.97. The van der Waals surface area contributed by atoms with Crippen LogP contribution in [0.5, 0.6) is 0 Å². The molecule has 1 saturated carbocycles. The van der Waals surface area contributed by atoms with Crippen LogP contribution in [0, 0.1) is 5.41 Å². The molecule has 0 bridgehead atoms. The van der Waals surface area contributed by atoms with Crippen LogP contribution in [0.1, 0.15) is 45.4 Å². The Morgan fingerprint density at radius 3 is 2.76 bits per heavy atom. The van der Waals surface area contributed by atoms with E-state index in [1.54, 1.807) is 10.9 Å². The lowest BCUT2D eigenvalue weighted by atomic mass is 9.76. The zero-order valence-corrected chi connectivity index (χ0v) is 13.0. The van der Waals surface area contributed by atoms with Crippen LogP contribution in [0.2, 0.25) is 0 Å². The number of nitrogens with two attached hydrogens (primary N) is 1. The molecule has 0 aromatic carbocycles. The van der Waals surface area contributed by atoms with E-state index in [1.807, 2.05) is 7.05 Å². The van der Waals surface area contributed by atoms with E-state index < -0.39 is 0 Å². The number of rotatable bonds is 3. The molecule has 2 aromatic heterocycles. The monoisotopic (exact) mass is 289 g/mol. The molecule has 2 heterocycles. The largest absolute Gasteiger partial charge is 0.383 e. The Bertz CT molecular complexity index is 639. The number of hydrogen-bond acceptors (Lipinski definition) is 5. The van der Waals surface area contributed by atoms with Crippen molar-refractivity contribution in [2.75, 3.05) is 5.73 Å². The van der Waals surface area contributed by atoms with E-state index in [0.29, 0.717) is 29.8 Å². The summed E-state index contributed by atoms with van der Waals surface area (Å²) >= 11 is 0. The molecule has 6 heteroatoms. The standard InChI is InChI=1S/C15H23N5O/c1-15(2)6-4-10(5-7-15)21-9-12-18-13(16)11-8-17-20(3)14(11)19-12/h8,10H,4-7,9H2,1-3H3,(H2,16,18,19). The van der Waals surface area contributed by atoms with E-state index in [-0.39, 0.29) is 0 Å². The first-order valence-electron chi connectivity index (χ1n) is 7.50. The van der Waals surface area contributed by atoms with Crippen LogP contribution in [0.25, 0.3) is 11.0 Å². The smallest absolute Gasteiger partial charge is 0.163 e. The fraction of sp³-hybridized carbons (Fsp3) is 0.667. The molecule has 2 N–H and O–H groups in total. The molecular formula is C15H23N5O. The molecule has 21 heavy (non-hydrogen) atoms. The van der Waals surface area contributed by atoms with Crippen molar-refractivity contribution in [3.63, 3.8) is 0 Å². The van der Waals surface area contributed by atoms with Crippen LogP contribution in [0.3, 0.4) is 0 Å². The fourth-order valence-electron chi connectivity index (χ4n) is 2.89. The van der Waals surface area contributed by atoms with Gasteiger partial charge in [0.25, 0.3) is 0 Å². The molecule has 0 unspecified atom stereocenters. The summed E-state index contributed by atoms with van der Waals surface area (Å²) < 4.78 is 7.68. The second kappa shape index (κ2) is 5.26. The Morgan fingerprint density at radius 1 is 1.33 bits per heavy atom. The van der Waals surface area contributed by atoms with Gasteiger partial charge in [0.2, 0.25) is 0 Å². The minimum Gasteiger partial charge on any atom is -0.383 e. The van der Waals surface area contributed by atoms with Gasteiger partial charge in [0.15, 0.2) is 11.5 Å². The van der Waals surface area contributed by atoms with E-state index in [1.165, 1.54) is 12.8 Å². The molecule has 6 nitrogen and oxygen atoms in total. The zero-order valence-electron chi connectivity index (χ0n) is 13.0. The first kappa shape index (κ1) is 14.3. The second-order valence-electron chi connectivity index (χ2n) is 6.71. The van der Waals surface area contributed by atoms with Gasteiger partial charge in [0.1, 0.15) is 12.4 Å². The Hall–Kier alpha value is -1.69. The number of fused-ring (bicyclic) bond motifs is 1. The highest BCUT2D eigenvalue weighted by Crippen LogP contribution is 2.36. The van der Waals surface area contributed by atoms with Crippen LogP contribution < -0.4 is 5.73 Å². The molecule has 0 spiro atoms. The highest BCUT2D eigenvalue weighted by molar-refractivity contribution is 5.84. The Morgan fingerprint density at radius 2 is 2.05 bits per heavy atom. The number of anilines is 1. The summed E-state index contributed by atoms with van der Waals surface area (Å²) in [5.74, 6) is 1.10. The lowest BCUT2D eigenvalue weighted by Crippen LogP contribution is -2.26. The molecule has 0 aliphatic heterocycles. The van der Waals surface area contributed by atoms with Gasteiger partial charge in [-0.15, -0.1) is 0 Å². The van der Waals surface area contributed by atoms with E-state index in [4.69, 9.17) is 10.5 Å². The van der Waals surface area contributed by atoms with Crippen molar-refractivity contribution >= 4 is 16.9 Å². The zero-order chi connectivity index (χ0) is 15.0. The minimum absolute atomic E-state index is 0.310. The number of nitrogen functional groups attached to an aromatic ring is 1. The predicted molar refractivity (Wildman–Crippen MR) is 81.5 cm³/mol. The summed E-state index contributed by atoms with van der Waals surface area (Å²) in [7, 11) is 1.85. The fourth-order valence-corrected chi connectivity index (χ4v) is 2.89. The molecule has 114 valence electrons. The van der Waals surface area contributed by atoms with Crippen LogP contribution in [-0.2, 0) is 18.4 Å². The summed E-state index contributed by atoms with van der Waals surface area (Å²) in [5.41, 5.74) is 7.16. The van der Waals surface area contributed by atoms with E-state index in [0.717, 1.165) is 23.9 Å². The second-order valence-corrected chi connectivity index (χ2v) is 6.71. The molecule has 0 amide bonds. The maximum atomic E-state index is 5.97. The van der Waals surface area contributed by atoms with Crippen LogP contribution in [0.4, 0.5) is 5.82 Å². The van der Waals surface area contributed by atoms with Crippen molar-refractivity contribution in [3.05, 3.63) is 12.0 Å². The third-order valence-corrected chi connectivity index (χ3v) is 4.40. The Kier molecular flexibility index (Phi) is 3.57. The Labute approximate surface area is 124 Å². The van der Waals surface area contributed by atoms with Gasteiger partial charge >= 0.3 is 0 Å². The van der Waals surface area contributed by atoms with Gasteiger partial charge in [0, 0.05) is 7.05 Å². The minimum atomic E-state index is 0.310. The van der Waals surface area contributed by atoms with Crippen LogP contribution >= 0.6 is 0 Å². The molecule has 0 saturated heterocycles. The van der Waals surface area contributed by atoms with Gasteiger partial charge < -0.3 is 10.5 Å². The summed E-state index contributed by atoms with van der Waals surface area (Å²) in [6.07, 6.45) is 6.64. The molecule has 2 aromatic rings. The van der Waals surface area contributed by atoms with Gasteiger partial charge in [-0.05, 0) is 31.1 Å². The molecule has 1 fully saturated rings. The number of nitrogens with zero attached hydrogens (tertiary/aromatic N) is 4. The third kappa shape index (κ3) is 3.00. The number of hydrogen-bond donors (Lipinski definition) is 1. The average molecular weight is 289 g/mol. The Balaban J connectivity index is 1.67. The predicted octanol–water partition coefficient (Wildman–Crippen LogP) is 2.43. The topological polar surface area (TPSA) is 78.9 Å². The third-order valence-electron chi connectivity index (χ3n) is 4.40. The van der Waals surface area contributed by atoms with Gasteiger partial charge in [-0.25, -0.2) is 9.97 Å². The summed E-state index contributed by atoms with van der Waals surface area (Å²) in [6, 6.07) is 0. The van der Waals surface area contributed by atoms with Crippen molar-refractivity contribution in [1.82, 2.24) is 19.7 Å². The van der Waals surface area contributed by atoms with Crippen molar-refractivity contribution in [2.24, 2.45) is 12.5 Å². The molecule has 3 rings (SSSR count). The van der Waals surface area contributed by atoms with Gasteiger partial charge in [-0.2, -0.15) is 5.10 Å². The molecule has 1 aliphatic carbocycles. The summed E-state index contributed by atoms with van der Waals surface area (Å²) in [6.45, 7) is 5.06. The first-order chi connectivity index (χ1) is 9.94. The quantitative estimate of drug-likeness (QED) is 0.938. The lowest BCUT2D eigenvalue weighted by Gasteiger charge is -2.34. The molecule has 0 atom stereocenters. The number of aryl methyl sites for hydroxylation is 1. The molecule has 1 aliphatic rings. The van der Waals surface area contributed by atoms with Crippen LogP contribution in [0.15, 0.2) is 6.20 Å². The van der Waals surface area contributed by atoms with Crippen molar-refractivity contribution < 1.29 is 4.74 Å². The van der Waals surface area contributed by atoms with Crippen molar-refractivity contribution in [3.8, 4) is 0 Å². The highest BCUT2D eigenvalue weighted by atomic mass is 16.5. The molecular weight excluding hydrogens is 266 g/mol. The van der Waals surface area contributed by atoms with Crippen molar-refractivity contribution in [1.29, 1.82) is 0 Å². The SMILES string of the molecule is Cn1ncc2c(N)nc(COC3CCC(C)(C)CC3)nc21. The normalized spacial score (nSPS) is 19.2. The van der Waals surface area contributed by atoms with Gasteiger partial charge in [-0.3, -0.25) is 4.68 Å². The highest BCUT2D eigenvalue weighted by Gasteiger charge is 2.27. The van der Waals surface area contributed by atoms with Gasteiger partial charge in [-0.1, -0.05) is 13.8 Å². The number of aromatic nitrogens is 4. The van der Waals surface area contributed by atoms with Gasteiger partial charge in [0.05, 0.1) is 17.7 Å². The number of ether oxygens (including phenoxy) is 1. The van der Waals surface area contributed by atoms with Crippen LogP contribution in [-0.4, -0.2) is 25.9 Å². The maximum Gasteiger partial charge on any atom is 0.163 e. The summed E-state index contributed by atoms with van der Waals surface area (Å²) in [4.78, 5) is 8.81. The van der Waals surface area contributed by atoms with Crippen molar-refractivity contribution in [2.45, 2.75) is 52.2 Å². The van der Waals surface area contributed by atoms with E-state index in [2.05, 4.69) is 28.9 Å². The first-order valence-corrected chi connectivity index (χ1v) is 7.50. The van der Waals surface area contributed by atoms with E-state index >= 15 is 0 Å². The summed E-state index contributed by atoms with van der Waals surface area (Å²) in [5, 5.41) is 4.95. The lowest BCUT2D eigenvalue weighted by molar-refractivity contribution is -0.00816. The average Bonchev–Trinajstić information content (AvgIpc) is 2.80.